The van der Waals surface area contributed by atoms with Crippen molar-refractivity contribution in [2.45, 2.75) is 32.6 Å². The summed E-state index contributed by atoms with van der Waals surface area (Å²) in [6, 6.07) is 7.91. The first-order valence-corrected chi connectivity index (χ1v) is 8.96. The molecule has 1 N–H and O–H groups in total. The highest BCUT2D eigenvalue weighted by Crippen LogP contribution is 2.19. The van der Waals surface area contributed by atoms with Crippen molar-refractivity contribution in [3.8, 4) is 0 Å². The molecule has 0 saturated carbocycles. The summed E-state index contributed by atoms with van der Waals surface area (Å²) in [5.74, 6) is 0.695. The molecule has 5 nitrogen and oxygen atoms in total. The maximum atomic E-state index is 12.4. The molecule has 2 aromatic rings. The van der Waals surface area contributed by atoms with Crippen molar-refractivity contribution in [2.24, 2.45) is 5.92 Å². The molecule has 1 fully saturated rings. The number of nitrogens with one attached hydrogen (secondary N) is 1. The highest BCUT2D eigenvalue weighted by molar-refractivity contribution is 5.80. The van der Waals surface area contributed by atoms with Crippen LogP contribution in [0.4, 0.5) is 0 Å². The molecule has 0 radical (unpaired) electrons. The molecule has 0 bridgehead atoms. The van der Waals surface area contributed by atoms with E-state index in [9.17, 15) is 9.59 Å². The predicted octanol–water partition coefficient (Wildman–Crippen LogP) is 2.65. The standard InChI is InChI=1S/C20H26N2O3/c1-14-3-4-16-12-17(20(24)21-18(16)11-14)5-6-19(23)22-9-7-15(8-10-22)13-25-2/h3-4,11-12,15H,5-10,13H2,1-2H3,(H,21,24). The number of methoxy groups -OCH3 is 1. The van der Waals surface area contributed by atoms with E-state index in [0.29, 0.717) is 24.3 Å². The molecule has 1 aliphatic heterocycles. The van der Waals surface area contributed by atoms with Crippen LogP contribution >= 0.6 is 0 Å². The third kappa shape index (κ3) is 4.28. The molecule has 2 heterocycles. The van der Waals surface area contributed by atoms with Gasteiger partial charge >= 0.3 is 0 Å². The highest BCUT2D eigenvalue weighted by Gasteiger charge is 2.22. The summed E-state index contributed by atoms with van der Waals surface area (Å²) in [4.78, 5) is 29.5. The highest BCUT2D eigenvalue weighted by atomic mass is 16.5. The summed E-state index contributed by atoms with van der Waals surface area (Å²) in [6.45, 7) is 4.36. The van der Waals surface area contributed by atoms with Crippen LogP contribution in [0.25, 0.3) is 10.9 Å². The van der Waals surface area contributed by atoms with Crippen LogP contribution < -0.4 is 5.56 Å². The number of pyridine rings is 1. The Kier molecular flexibility index (Phi) is 5.53. The van der Waals surface area contributed by atoms with Crippen LogP contribution in [0.5, 0.6) is 0 Å². The number of nitrogens with zero attached hydrogens (tertiary/aromatic N) is 1. The van der Waals surface area contributed by atoms with Crippen LogP contribution in [0.2, 0.25) is 0 Å². The number of fused-ring (bicyclic) bond motifs is 1. The van der Waals surface area contributed by atoms with Crippen molar-refractivity contribution < 1.29 is 9.53 Å². The van der Waals surface area contributed by atoms with Gasteiger partial charge in [0, 0.05) is 44.3 Å². The van der Waals surface area contributed by atoms with Gasteiger partial charge in [-0.1, -0.05) is 12.1 Å². The number of hydrogen-bond acceptors (Lipinski definition) is 3. The van der Waals surface area contributed by atoms with E-state index >= 15 is 0 Å². The van der Waals surface area contributed by atoms with Crippen LogP contribution in [0.3, 0.4) is 0 Å². The molecular formula is C20H26N2O3. The maximum absolute atomic E-state index is 12.4. The Morgan fingerprint density at radius 2 is 2.04 bits per heavy atom. The second kappa shape index (κ2) is 7.83. The van der Waals surface area contributed by atoms with Crippen molar-refractivity contribution in [3.05, 3.63) is 45.7 Å². The van der Waals surface area contributed by atoms with Gasteiger partial charge in [0.05, 0.1) is 0 Å². The van der Waals surface area contributed by atoms with Crippen LogP contribution in [0.1, 0.15) is 30.4 Å². The Labute approximate surface area is 148 Å². The SMILES string of the molecule is COCC1CCN(C(=O)CCc2cc3ccc(C)cc3[nH]c2=O)CC1. The first-order valence-electron chi connectivity index (χ1n) is 8.96. The molecule has 1 saturated heterocycles. The largest absolute Gasteiger partial charge is 0.384 e. The van der Waals surface area contributed by atoms with Gasteiger partial charge in [-0.2, -0.15) is 0 Å². The number of ether oxygens (including phenoxy) is 1. The smallest absolute Gasteiger partial charge is 0.251 e. The minimum absolute atomic E-state index is 0.0929. The van der Waals surface area contributed by atoms with E-state index in [1.807, 2.05) is 36.1 Å². The van der Waals surface area contributed by atoms with Gasteiger partial charge in [0.2, 0.25) is 5.91 Å². The molecule has 1 amide bonds. The summed E-state index contributed by atoms with van der Waals surface area (Å²) in [7, 11) is 1.72. The zero-order valence-electron chi connectivity index (χ0n) is 15.0. The van der Waals surface area contributed by atoms with E-state index in [-0.39, 0.29) is 11.5 Å². The van der Waals surface area contributed by atoms with Gasteiger partial charge in [-0.3, -0.25) is 9.59 Å². The number of rotatable bonds is 5. The third-order valence-corrected chi connectivity index (χ3v) is 5.06. The minimum atomic E-state index is -0.0929. The van der Waals surface area contributed by atoms with Crippen molar-refractivity contribution >= 4 is 16.8 Å². The van der Waals surface area contributed by atoms with E-state index < -0.39 is 0 Å². The maximum Gasteiger partial charge on any atom is 0.251 e. The normalized spacial score (nSPS) is 15.7. The quantitative estimate of drug-likeness (QED) is 0.909. The number of carbonyl (C=O) groups excluding carboxylic acids is 1. The fraction of sp³-hybridized carbons (Fsp3) is 0.500. The lowest BCUT2D eigenvalue weighted by molar-refractivity contribution is -0.132. The Morgan fingerprint density at radius 1 is 1.28 bits per heavy atom. The Balaban J connectivity index is 1.61. The molecule has 0 atom stereocenters. The van der Waals surface area contributed by atoms with E-state index in [2.05, 4.69) is 4.98 Å². The van der Waals surface area contributed by atoms with Gasteiger partial charge in [0.1, 0.15) is 0 Å². The summed E-state index contributed by atoms with van der Waals surface area (Å²) < 4.78 is 5.20. The summed E-state index contributed by atoms with van der Waals surface area (Å²) in [5.41, 5.74) is 2.55. The van der Waals surface area contributed by atoms with Crippen molar-refractivity contribution in [3.63, 3.8) is 0 Å². The van der Waals surface area contributed by atoms with Gasteiger partial charge in [-0.25, -0.2) is 0 Å². The average Bonchev–Trinajstić information content (AvgIpc) is 2.60. The van der Waals surface area contributed by atoms with E-state index in [4.69, 9.17) is 4.74 Å². The first kappa shape index (κ1) is 17.7. The van der Waals surface area contributed by atoms with E-state index in [1.165, 1.54) is 0 Å². The van der Waals surface area contributed by atoms with Crippen LogP contribution in [0, 0.1) is 12.8 Å². The lowest BCUT2D eigenvalue weighted by Crippen LogP contribution is -2.39. The van der Waals surface area contributed by atoms with Gasteiger partial charge in [-0.05, 0) is 55.2 Å². The number of benzene rings is 1. The second-order valence-corrected chi connectivity index (χ2v) is 6.99. The van der Waals surface area contributed by atoms with Crippen LogP contribution in [-0.2, 0) is 16.0 Å². The molecule has 25 heavy (non-hydrogen) atoms. The number of likely N-dealkylation sites (tertiary alicyclic amines) is 1. The Bertz CT molecular complexity index is 804. The van der Waals surface area contributed by atoms with E-state index in [1.54, 1.807) is 7.11 Å². The molecular weight excluding hydrogens is 316 g/mol. The number of aromatic nitrogens is 1. The molecule has 5 heteroatoms. The predicted molar refractivity (Wildman–Crippen MR) is 98.8 cm³/mol. The zero-order chi connectivity index (χ0) is 17.8. The average molecular weight is 342 g/mol. The van der Waals surface area contributed by atoms with Crippen LogP contribution in [-0.4, -0.2) is 42.6 Å². The van der Waals surface area contributed by atoms with Gasteiger partial charge in [0.15, 0.2) is 0 Å². The lowest BCUT2D eigenvalue weighted by Gasteiger charge is -2.31. The number of aromatic amines is 1. The second-order valence-electron chi connectivity index (χ2n) is 6.99. The molecule has 1 aliphatic rings. The first-order chi connectivity index (χ1) is 12.1. The molecule has 134 valence electrons. The molecule has 0 spiro atoms. The number of piperidine rings is 1. The van der Waals surface area contributed by atoms with Crippen molar-refractivity contribution in [1.29, 1.82) is 0 Å². The fourth-order valence-electron chi connectivity index (χ4n) is 3.53. The fourth-order valence-corrected chi connectivity index (χ4v) is 3.53. The number of hydrogen-bond donors (Lipinski definition) is 1. The van der Waals surface area contributed by atoms with Crippen molar-refractivity contribution in [2.75, 3.05) is 26.8 Å². The number of carbonyl (C=O) groups is 1. The molecule has 1 aromatic heterocycles. The Morgan fingerprint density at radius 3 is 2.76 bits per heavy atom. The molecule has 1 aromatic carbocycles. The molecule has 0 unspecified atom stereocenters. The minimum Gasteiger partial charge on any atom is -0.384 e. The zero-order valence-corrected chi connectivity index (χ0v) is 15.0. The number of H-pyrrole nitrogens is 1. The van der Waals surface area contributed by atoms with Gasteiger partial charge in [-0.15, -0.1) is 0 Å². The van der Waals surface area contributed by atoms with Gasteiger partial charge < -0.3 is 14.6 Å². The molecule has 3 rings (SSSR count). The monoisotopic (exact) mass is 342 g/mol. The van der Waals surface area contributed by atoms with E-state index in [0.717, 1.165) is 49.0 Å². The summed E-state index contributed by atoms with van der Waals surface area (Å²) >= 11 is 0. The molecule has 0 aliphatic carbocycles. The third-order valence-electron chi connectivity index (χ3n) is 5.06. The summed E-state index contributed by atoms with van der Waals surface area (Å²) in [5, 5.41) is 1.01. The summed E-state index contributed by atoms with van der Waals surface area (Å²) in [6.07, 6.45) is 2.86. The van der Waals surface area contributed by atoms with Crippen molar-refractivity contribution in [1.82, 2.24) is 9.88 Å². The Hall–Kier alpha value is -2.14. The topological polar surface area (TPSA) is 62.4 Å². The number of aryl methyl sites for hydroxylation is 2. The van der Waals surface area contributed by atoms with Gasteiger partial charge in [0.25, 0.3) is 5.56 Å². The lowest BCUT2D eigenvalue weighted by atomic mass is 9.97. The van der Waals surface area contributed by atoms with Crippen LogP contribution in [0.15, 0.2) is 29.1 Å². The number of amides is 1.